The van der Waals surface area contributed by atoms with E-state index in [0.29, 0.717) is 6.61 Å². The fourth-order valence-electron chi connectivity index (χ4n) is 2.16. The first-order valence-corrected chi connectivity index (χ1v) is 4.59. The molecule has 2 aliphatic heterocycles. The van der Waals surface area contributed by atoms with Crippen molar-refractivity contribution in [2.45, 2.75) is 24.9 Å². The van der Waals surface area contributed by atoms with Crippen LogP contribution in [0.4, 0.5) is 0 Å². The summed E-state index contributed by atoms with van der Waals surface area (Å²) >= 11 is 0. The van der Waals surface area contributed by atoms with E-state index in [1.165, 1.54) is 0 Å². The first-order valence-electron chi connectivity index (χ1n) is 4.59. The number of nitriles is 1. The van der Waals surface area contributed by atoms with Gasteiger partial charge in [0.2, 0.25) is 0 Å². The van der Waals surface area contributed by atoms with Gasteiger partial charge < -0.3 is 10.1 Å². The monoisotopic (exact) mass is 166 g/mol. The molecule has 2 aliphatic rings. The van der Waals surface area contributed by atoms with Gasteiger partial charge in [-0.15, -0.1) is 0 Å². The van der Waals surface area contributed by atoms with E-state index in [1.807, 2.05) is 0 Å². The SMILES string of the molecule is N#C[C@H]1COC2(CCNCC2)C1. The van der Waals surface area contributed by atoms with Gasteiger partial charge in [0.15, 0.2) is 0 Å². The molecule has 1 atom stereocenters. The maximum atomic E-state index is 8.73. The average molecular weight is 166 g/mol. The van der Waals surface area contributed by atoms with Gasteiger partial charge in [-0.05, 0) is 32.4 Å². The molecule has 0 saturated carbocycles. The summed E-state index contributed by atoms with van der Waals surface area (Å²) in [6.45, 7) is 2.73. The summed E-state index contributed by atoms with van der Waals surface area (Å²) in [5.74, 6) is 0.142. The van der Waals surface area contributed by atoms with Crippen LogP contribution in [0.1, 0.15) is 19.3 Å². The zero-order valence-electron chi connectivity index (χ0n) is 7.18. The molecule has 0 amide bonds. The van der Waals surface area contributed by atoms with Gasteiger partial charge in [0.25, 0.3) is 0 Å². The molecule has 3 nitrogen and oxygen atoms in total. The molecule has 66 valence electrons. The van der Waals surface area contributed by atoms with Gasteiger partial charge in [-0.25, -0.2) is 0 Å². The van der Waals surface area contributed by atoms with E-state index in [0.717, 1.165) is 32.4 Å². The topological polar surface area (TPSA) is 45.0 Å². The minimum atomic E-state index is 0.0612. The summed E-state index contributed by atoms with van der Waals surface area (Å²) in [4.78, 5) is 0. The van der Waals surface area contributed by atoms with E-state index in [9.17, 15) is 0 Å². The second kappa shape index (κ2) is 3.04. The van der Waals surface area contributed by atoms with Crippen molar-refractivity contribution in [3.05, 3.63) is 0 Å². The number of hydrogen-bond acceptors (Lipinski definition) is 3. The van der Waals surface area contributed by atoms with Crippen LogP contribution in [-0.4, -0.2) is 25.3 Å². The lowest BCUT2D eigenvalue weighted by molar-refractivity contribution is -0.0194. The minimum absolute atomic E-state index is 0.0612. The minimum Gasteiger partial charge on any atom is -0.373 e. The molecule has 0 radical (unpaired) electrons. The fraction of sp³-hybridized carbons (Fsp3) is 0.889. The molecule has 0 aromatic rings. The third-order valence-corrected chi connectivity index (χ3v) is 2.91. The lowest BCUT2D eigenvalue weighted by atomic mass is 9.86. The van der Waals surface area contributed by atoms with Crippen LogP contribution in [0.5, 0.6) is 0 Å². The Morgan fingerprint density at radius 1 is 1.42 bits per heavy atom. The molecule has 0 aliphatic carbocycles. The first-order chi connectivity index (χ1) is 5.85. The van der Waals surface area contributed by atoms with Crippen LogP contribution >= 0.6 is 0 Å². The number of nitrogens with one attached hydrogen (secondary N) is 1. The molecule has 2 heterocycles. The Morgan fingerprint density at radius 3 is 2.75 bits per heavy atom. The maximum absolute atomic E-state index is 8.73. The Balaban J connectivity index is 1.99. The van der Waals surface area contributed by atoms with Gasteiger partial charge in [-0.2, -0.15) is 5.26 Å². The number of hydrogen-bond donors (Lipinski definition) is 1. The highest BCUT2D eigenvalue weighted by Gasteiger charge is 2.40. The Kier molecular flexibility index (Phi) is 2.03. The van der Waals surface area contributed by atoms with Gasteiger partial charge in [0.05, 0.1) is 24.2 Å². The predicted molar refractivity (Wildman–Crippen MR) is 44.5 cm³/mol. The Hall–Kier alpha value is -0.590. The van der Waals surface area contributed by atoms with Crippen molar-refractivity contribution >= 4 is 0 Å². The van der Waals surface area contributed by atoms with Gasteiger partial charge >= 0.3 is 0 Å². The molecule has 2 rings (SSSR count). The van der Waals surface area contributed by atoms with Crippen molar-refractivity contribution < 1.29 is 4.74 Å². The molecule has 0 aromatic heterocycles. The largest absolute Gasteiger partial charge is 0.373 e. The smallest absolute Gasteiger partial charge is 0.0724 e. The molecular formula is C9H14N2O. The van der Waals surface area contributed by atoms with Crippen molar-refractivity contribution in [1.82, 2.24) is 5.32 Å². The summed E-state index contributed by atoms with van der Waals surface area (Å²) in [5.41, 5.74) is 0.0612. The third kappa shape index (κ3) is 1.33. The lowest BCUT2D eigenvalue weighted by Gasteiger charge is -2.32. The van der Waals surface area contributed by atoms with Crippen molar-refractivity contribution in [1.29, 1.82) is 5.26 Å². The molecule has 12 heavy (non-hydrogen) atoms. The number of ether oxygens (including phenoxy) is 1. The van der Waals surface area contributed by atoms with E-state index in [-0.39, 0.29) is 11.5 Å². The quantitative estimate of drug-likeness (QED) is 0.575. The van der Waals surface area contributed by atoms with Crippen LogP contribution in [0.2, 0.25) is 0 Å². The second-order valence-electron chi connectivity index (χ2n) is 3.77. The molecular weight excluding hydrogens is 152 g/mol. The highest BCUT2D eigenvalue weighted by Crippen LogP contribution is 2.36. The van der Waals surface area contributed by atoms with E-state index in [4.69, 9.17) is 10.00 Å². The van der Waals surface area contributed by atoms with Crippen LogP contribution in [-0.2, 0) is 4.74 Å². The zero-order chi connectivity index (χ0) is 8.44. The van der Waals surface area contributed by atoms with Crippen molar-refractivity contribution in [2.24, 2.45) is 5.92 Å². The summed E-state index contributed by atoms with van der Waals surface area (Å²) in [5, 5.41) is 12.0. The fourth-order valence-corrected chi connectivity index (χ4v) is 2.16. The van der Waals surface area contributed by atoms with Crippen molar-refractivity contribution in [2.75, 3.05) is 19.7 Å². The maximum Gasteiger partial charge on any atom is 0.0724 e. The van der Waals surface area contributed by atoms with Crippen LogP contribution in [0.3, 0.4) is 0 Å². The number of rotatable bonds is 0. The van der Waals surface area contributed by atoms with Crippen LogP contribution in [0.15, 0.2) is 0 Å². The number of piperidine rings is 1. The van der Waals surface area contributed by atoms with E-state index in [1.54, 1.807) is 0 Å². The van der Waals surface area contributed by atoms with E-state index < -0.39 is 0 Å². The summed E-state index contributed by atoms with van der Waals surface area (Å²) < 4.78 is 5.72. The Labute approximate surface area is 72.7 Å². The van der Waals surface area contributed by atoms with Crippen molar-refractivity contribution in [3.63, 3.8) is 0 Å². The first kappa shape index (κ1) is 8.03. The van der Waals surface area contributed by atoms with E-state index >= 15 is 0 Å². The zero-order valence-corrected chi connectivity index (χ0v) is 7.18. The van der Waals surface area contributed by atoms with E-state index in [2.05, 4.69) is 11.4 Å². The second-order valence-corrected chi connectivity index (χ2v) is 3.77. The molecule has 2 fully saturated rings. The highest BCUT2D eigenvalue weighted by atomic mass is 16.5. The molecule has 0 unspecified atom stereocenters. The standard InChI is InChI=1S/C9H14N2O/c10-6-8-5-9(12-7-8)1-3-11-4-2-9/h8,11H,1-5,7H2/t8-/m0/s1. The van der Waals surface area contributed by atoms with Gasteiger partial charge in [0.1, 0.15) is 0 Å². The van der Waals surface area contributed by atoms with Crippen LogP contribution in [0, 0.1) is 17.2 Å². The molecule has 3 heteroatoms. The summed E-state index contributed by atoms with van der Waals surface area (Å²) in [6, 6.07) is 2.29. The predicted octanol–water partition coefficient (Wildman–Crippen LogP) is 0.669. The molecule has 1 N–H and O–H groups in total. The molecule has 1 spiro atoms. The van der Waals surface area contributed by atoms with Gasteiger partial charge in [0, 0.05) is 0 Å². The molecule has 0 bridgehead atoms. The third-order valence-electron chi connectivity index (χ3n) is 2.91. The van der Waals surface area contributed by atoms with Gasteiger partial charge in [-0.1, -0.05) is 0 Å². The average Bonchev–Trinajstić information content (AvgIpc) is 2.50. The van der Waals surface area contributed by atoms with Gasteiger partial charge in [-0.3, -0.25) is 0 Å². The Morgan fingerprint density at radius 2 is 2.17 bits per heavy atom. The number of nitrogens with zero attached hydrogens (tertiary/aromatic N) is 1. The highest BCUT2D eigenvalue weighted by molar-refractivity contribution is 4.99. The normalized spacial score (nSPS) is 33.4. The van der Waals surface area contributed by atoms with Crippen molar-refractivity contribution in [3.8, 4) is 6.07 Å². The molecule has 0 aromatic carbocycles. The summed E-state index contributed by atoms with van der Waals surface area (Å²) in [6.07, 6.45) is 3.10. The summed E-state index contributed by atoms with van der Waals surface area (Å²) in [7, 11) is 0. The lowest BCUT2D eigenvalue weighted by Crippen LogP contribution is -2.41. The van der Waals surface area contributed by atoms with Crippen LogP contribution in [0.25, 0.3) is 0 Å². The Bertz CT molecular complexity index is 203. The van der Waals surface area contributed by atoms with Crippen LogP contribution < -0.4 is 5.32 Å². The molecule has 2 saturated heterocycles.